The van der Waals surface area contributed by atoms with Crippen LogP contribution >= 0.6 is 15.9 Å². The van der Waals surface area contributed by atoms with Crippen LogP contribution < -0.4 is 5.32 Å². The Kier molecular flexibility index (Phi) is 4.72. The maximum Gasteiger partial charge on any atom is 0.413 e. The number of anilines is 1. The zero-order valence-corrected chi connectivity index (χ0v) is 15.7. The van der Waals surface area contributed by atoms with Crippen LogP contribution in [0.25, 0.3) is 5.52 Å². The molecule has 0 aliphatic heterocycles. The molecule has 0 aliphatic rings. The first-order valence-electron chi connectivity index (χ1n) is 6.94. The lowest BCUT2D eigenvalue weighted by Crippen LogP contribution is -2.27. The van der Waals surface area contributed by atoms with Crippen LogP contribution in [0.2, 0.25) is 0 Å². The Morgan fingerprint density at radius 3 is 2.61 bits per heavy atom. The third-order valence-corrected chi connectivity index (χ3v) is 5.11. The summed E-state index contributed by atoms with van der Waals surface area (Å²) < 4.78 is 32.1. The van der Waals surface area contributed by atoms with E-state index in [1.807, 2.05) is 0 Å². The SMILES string of the molecule is CCS(=O)(=O)c1c(NC(=O)OC(C)(C)C)nn2cc(Br)ccc12. The smallest absolute Gasteiger partial charge is 0.413 e. The number of fused-ring (bicyclic) bond motifs is 1. The Balaban J connectivity index is 2.54. The lowest BCUT2D eigenvalue weighted by Gasteiger charge is -2.19. The van der Waals surface area contributed by atoms with Crippen molar-refractivity contribution >= 4 is 43.2 Å². The molecule has 0 spiro atoms. The minimum atomic E-state index is -3.58. The lowest BCUT2D eigenvalue weighted by molar-refractivity contribution is 0.0635. The molecule has 0 aromatic carbocycles. The second kappa shape index (κ2) is 6.12. The fourth-order valence-corrected chi connectivity index (χ4v) is 3.42. The van der Waals surface area contributed by atoms with Crippen LogP contribution in [-0.4, -0.2) is 35.5 Å². The molecule has 1 amide bonds. The minimum absolute atomic E-state index is 0.0154. The van der Waals surface area contributed by atoms with E-state index in [1.54, 1.807) is 39.1 Å². The summed E-state index contributed by atoms with van der Waals surface area (Å²) in [6.45, 7) is 6.69. The second-order valence-electron chi connectivity index (χ2n) is 5.89. The molecular weight excluding hydrogens is 386 g/mol. The Bertz CT molecular complexity index is 853. The predicted octanol–water partition coefficient (Wildman–Crippen LogP) is 3.24. The number of hydrogen-bond acceptors (Lipinski definition) is 5. The van der Waals surface area contributed by atoms with Gasteiger partial charge >= 0.3 is 6.09 Å². The van der Waals surface area contributed by atoms with Gasteiger partial charge in [-0.05, 0) is 48.8 Å². The van der Waals surface area contributed by atoms with Crippen molar-refractivity contribution in [1.29, 1.82) is 0 Å². The zero-order chi connectivity index (χ0) is 17.4. The molecule has 1 N–H and O–H groups in total. The van der Waals surface area contributed by atoms with Gasteiger partial charge in [0.05, 0.1) is 11.3 Å². The van der Waals surface area contributed by atoms with Crippen molar-refractivity contribution in [2.45, 2.75) is 38.2 Å². The van der Waals surface area contributed by atoms with Gasteiger partial charge in [0.1, 0.15) is 10.5 Å². The maximum atomic E-state index is 12.4. The molecule has 0 aliphatic carbocycles. The van der Waals surface area contributed by atoms with Crippen molar-refractivity contribution in [1.82, 2.24) is 9.61 Å². The van der Waals surface area contributed by atoms with Gasteiger partial charge in [0.2, 0.25) is 0 Å². The fourth-order valence-electron chi connectivity index (χ4n) is 1.93. The summed E-state index contributed by atoms with van der Waals surface area (Å²) in [5, 5.41) is 6.58. The summed E-state index contributed by atoms with van der Waals surface area (Å²) in [7, 11) is -3.58. The second-order valence-corrected chi connectivity index (χ2v) is 9.02. The number of pyridine rings is 1. The number of ether oxygens (including phenoxy) is 1. The van der Waals surface area contributed by atoms with Gasteiger partial charge in [0.25, 0.3) is 0 Å². The van der Waals surface area contributed by atoms with Crippen LogP contribution in [0, 0.1) is 0 Å². The molecule has 0 radical (unpaired) electrons. The highest BCUT2D eigenvalue weighted by Crippen LogP contribution is 2.28. The van der Waals surface area contributed by atoms with E-state index < -0.39 is 21.5 Å². The largest absolute Gasteiger partial charge is 0.444 e. The van der Waals surface area contributed by atoms with E-state index in [4.69, 9.17) is 4.74 Å². The first kappa shape index (κ1) is 17.7. The Morgan fingerprint density at radius 2 is 2.04 bits per heavy atom. The quantitative estimate of drug-likeness (QED) is 0.849. The molecule has 0 saturated heterocycles. The fraction of sp³-hybridized carbons (Fsp3) is 0.429. The molecule has 7 nitrogen and oxygen atoms in total. The molecule has 23 heavy (non-hydrogen) atoms. The molecule has 2 aromatic heterocycles. The molecule has 126 valence electrons. The molecule has 0 saturated carbocycles. The van der Waals surface area contributed by atoms with Crippen molar-refractivity contribution in [2.24, 2.45) is 0 Å². The summed E-state index contributed by atoms with van der Waals surface area (Å²) in [5.41, 5.74) is -0.308. The highest BCUT2D eigenvalue weighted by molar-refractivity contribution is 9.10. The average molecular weight is 404 g/mol. The van der Waals surface area contributed by atoms with Crippen LogP contribution in [0.5, 0.6) is 0 Å². The predicted molar refractivity (Wildman–Crippen MR) is 90.5 cm³/mol. The molecule has 0 atom stereocenters. The number of carbonyl (C=O) groups excluding carboxylic acids is 1. The van der Waals surface area contributed by atoms with Crippen molar-refractivity contribution < 1.29 is 17.9 Å². The molecule has 0 bridgehead atoms. The van der Waals surface area contributed by atoms with E-state index in [0.29, 0.717) is 5.52 Å². The van der Waals surface area contributed by atoms with Crippen molar-refractivity contribution in [3.8, 4) is 0 Å². The topological polar surface area (TPSA) is 89.8 Å². The molecule has 2 aromatic rings. The highest BCUT2D eigenvalue weighted by Gasteiger charge is 2.27. The maximum absolute atomic E-state index is 12.4. The minimum Gasteiger partial charge on any atom is -0.444 e. The summed E-state index contributed by atoms with van der Waals surface area (Å²) in [6.07, 6.45) is 0.858. The van der Waals surface area contributed by atoms with E-state index in [1.165, 1.54) is 11.4 Å². The Labute approximate surface area is 143 Å². The van der Waals surface area contributed by atoms with Gasteiger partial charge in [-0.3, -0.25) is 5.32 Å². The van der Waals surface area contributed by atoms with E-state index in [0.717, 1.165) is 4.47 Å². The number of hydrogen-bond donors (Lipinski definition) is 1. The highest BCUT2D eigenvalue weighted by atomic mass is 79.9. The normalized spacial score (nSPS) is 12.4. The summed E-state index contributed by atoms with van der Waals surface area (Å²) in [4.78, 5) is 11.9. The third kappa shape index (κ3) is 4.03. The van der Waals surface area contributed by atoms with Gasteiger partial charge in [0, 0.05) is 10.7 Å². The molecule has 2 rings (SSSR count). The van der Waals surface area contributed by atoms with Gasteiger partial charge in [-0.1, -0.05) is 6.92 Å². The Morgan fingerprint density at radius 1 is 1.39 bits per heavy atom. The first-order valence-corrected chi connectivity index (χ1v) is 9.38. The summed E-state index contributed by atoms with van der Waals surface area (Å²) >= 11 is 3.30. The van der Waals surface area contributed by atoms with Crippen molar-refractivity contribution in [2.75, 3.05) is 11.1 Å². The molecular formula is C14H18BrN3O4S. The van der Waals surface area contributed by atoms with Crippen LogP contribution in [0.1, 0.15) is 27.7 Å². The van der Waals surface area contributed by atoms with Crippen molar-refractivity contribution in [3.05, 3.63) is 22.8 Å². The van der Waals surface area contributed by atoms with Gasteiger partial charge in [0.15, 0.2) is 15.7 Å². The number of carbonyl (C=O) groups is 1. The number of rotatable bonds is 3. The number of aromatic nitrogens is 2. The van der Waals surface area contributed by atoms with E-state index >= 15 is 0 Å². The zero-order valence-electron chi connectivity index (χ0n) is 13.3. The average Bonchev–Trinajstić information content (AvgIpc) is 2.73. The molecule has 0 fully saturated rings. The van der Waals surface area contributed by atoms with E-state index in [9.17, 15) is 13.2 Å². The van der Waals surface area contributed by atoms with Crippen LogP contribution in [0.15, 0.2) is 27.7 Å². The third-order valence-electron chi connectivity index (χ3n) is 2.86. The summed E-state index contributed by atoms with van der Waals surface area (Å²) in [5.74, 6) is -0.146. The number of amides is 1. The van der Waals surface area contributed by atoms with Gasteiger partial charge in [-0.2, -0.15) is 0 Å². The lowest BCUT2D eigenvalue weighted by atomic mass is 10.2. The van der Waals surface area contributed by atoms with Gasteiger partial charge < -0.3 is 4.74 Å². The Hall–Kier alpha value is -1.61. The molecule has 0 unspecified atom stereocenters. The standard InChI is InChI=1S/C14H18BrN3O4S/c1-5-23(20,21)11-10-7-6-9(15)8-18(10)17-12(11)16-13(19)22-14(2,3)4/h6-8H,5H2,1-4H3,(H,16,17,19). The van der Waals surface area contributed by atoms with E-state index in [-0.39, 0.29) is 16.5 Å². The van der Waals surface area contributed by atoms with Crippen LogP contribution in [-0.2, 0) is 14.6 Å². The van der Waals surface area contributed by atoms with Gasteiger partial charge in [-0.15, -0.1) is 5.10 Å². The van der Waals surface area contributed by atoms with Crippen LogP contribution in [0.4, 0.5) is 10.6 Å². The first-order chi connectivity index (χ1) is 10.5. The van der Waals surface area contributed by atoms with Gasteiger partial charge in [-0.25, -0.2) is 17.7 Å². The number of halogens is 1. The molecule has 2 heterocycles. The summed E-state index contributed by atoms with van der Waals surface area (Å²) in [6, 6.07) is 3.34. The van der Waals surface area contributed by atoms with Crippen molar-refractivity contribution in [3.63, 3.8) is 0 Å². The van der Waals surface area contributed by atoms with E-state index in [2.05, 4.69) is 26.3 Å². The number of nitrogens with zero attached hydrogens (tertiary/aromatic N) is 2. The molecule has 9 heteroatoms. The number of nitrogens with one attached hydrogen (secondary N) is 1. The van der Waals surface area contributed by atoms with Crippen LogP contribution in [0.3, 0.4) is 0 Å². The monoisotopic (exact) mass is 403 g/mol. The number of sulfone groups is 1.